The number of nitrogens with zero attached hydrogens (tertiary/aromatic N) is 4. The fraction of sp³-hybridized carbons (Fsp3) is 0.455. The summed E-state index contributed by atoms with van der Waals surface area (Å²) in [7, 11) is 2.13. The molecule has 0 aliphatic carbocycles. The number of aliphatic imine (C=N–C) groups is 1. The van der Waals surface area contributed by atoms with Crippen LogP contribution in [0, 0.1) is 0 Å². The lowest BCUT2D eigenvalue weighted by Crippen LogP contribution is -2.44. The van der Waals surface area contributed by atoms with Gasteiger partial charge in [0.2, 0.25) is 0 Å². The third-order valence-corrected chi connectivity index (χ3v) is 5.04. The zero-order valence-corrected chi connectivity index (χ0v) is 18.0. The Bertz CT molecular complexity index is 838. The number of rotatable bonds is 8. The minimum Gasteiger partial charge on any atom is -0.434 e. The smallest absolute Gasteiger partial charge is 0.387 e. The molecule has 0 unspecified atom stereocenters. The average Bonchev–Trinajstić information content (AvgIpc) is 2.77. The van der Waals surface area contributed by atoms with Gasteiger partial charge in [-0.2, -0.15) is 8.78 Å². The van der Waals surface area contributed by atoms with Gasteiger partial charge in [0.25, 0.3) is 0 Å². The molecule has 2 N–H and O–H groups in total. The molecule has 1 aromatic heterocycles. The number of piperazine rings is 1. The molecule has 168 valence electrons. The van der Waals surface area contributed by atoms with Gasteiger partial charge in [0.1, 0.15) is 11.6 Å². The lowest BCUT2D eigenvalue weighted by Gasteiger charge is -2.33. The Kier molecular flexibility index (Phi) is 8.40. The van der Waals surface area contributed by atoms with E-state index in [0.717, 1.165) is 37.6 Å². The number of guanidine groups is 1. The molecule has 1 aliphatic heterocycles. The predicted octanol–water partition coefficient (Wildman–Crippen LogP) is 2.69. The summed E-state index contributed by atoms with van der Waals surface area (Å²) in [4.78, 5) is 13.8. The van der Waals surface area contributed by atoms with Gasteiger partial charge in [-0.25, -0.2) is 9.98 Å². The van der Waals surface area contributed by atoms with Crippen LogP contribution in [0.25, 0.3) is 0 Å². The number of likely N-dealkylation sites (N-methyl/N-ethyl adjacent to an activating group) is 1. The van der Waals surface area contributed by atoms with Crippen LogP contribution in [-0.4, -0.2) is 62.2 Å². The molecular formula is C22H30F2N6O. The van der Waals surface area contributed by atoms with Crippen LogP contribution in [0.2, 0.25) is 0 Å². The molecule has 0 saturated carbocycles. The molecule has 2 aromatic rings. The standard InChI is InChI=1S/C22H30F2N6O/c1-3-25-22(28-16-18-6-4-5-7-19(18)31-21(23)24)27-15-17-8-9-20(26-14-17)30-12-10-29(2)11-13-30/h4-9,14,21H,3,10-13,15-16H2,1-2H3,(H2,25,27,28). The summed E-state index contributed by atoms with van der Waals surface area (Å²) in [6.07, 6.45) is 1.85. The Morgan fingerprint density at radius 2 is 1.90 bits per heavy atom. The zero-order chi connectivity index (χ0) is 22.1. The monoisotopic (exact) mass is 432 g/mol. The maximum absolute atomic E-state index is 12.6. The Morgan fingerprint density at radius 3 is 2.58 bits per heavy atom. The van der Waals surface area contributed by atoms with Crippen molar-refractivity contribution in [1.82, 2.24) is 20.5 Å². The quantitative estimate of drug-likeness (QED) is 0.494. The summed E-state index contributed by atoms with van der Waals surface area (Å²) in [5.41, 5.74) is 1.63. The molecule has 0 amide bonds. The lowest BCUT2D eigenvalue weighted by molar-refractivity contribution is -0.0504. The SMILES string of the molecule is CCNC(=NCc1ccc(N2CCN(C)CC2)nc1)NCc1ccccc1OC(F)F. The number of hydrogen-bond acceptors (Lipinski definition) is 5. The van der Waals surface area contributed by atoms with Crippen molar-refractivity contribution in [2.45, 2.75) is 26.6 Å². The van der Waals surface area contributed by atoms with E-state index < -0.39 is 6.61 Å². The van der Waals surface area contributed by atoms with Gasteiger partial charge < -0.3 is 25.2 Å². The van der Waals surface area contributed by atoms with E-state index in [1.165, 1.54) is 6.07 Å². The number of anilines is 1. The van der Waals surface area contributed by atoms with Crippen LogP contribution in [0.15, 0.2) is 47.6 Å². The molecule has 3 rings (SSSR count). The molecule has 1 aromatic carbocycles. The minimum atomic E-state index is -2.86. The number of nitrogens with one attached hydrogen (secondary N) is 2. The molecule has 1 aliphatic rings. The van der Waals surface area contributed by atoms with E-state index in [1.807, 2.05) is 25.3 Å². The van der Waals surface area contributed by atoms with Gasteiger partial charge in [-0.05, 0) is 31.7 Å². The van der Waals surface area contributed by atoms with Gasteiger partial charge in [0.05, 0.1) is 6.54 Å². The number of benzene rings is 1. The fourth-order valence-electron chi connectivity index (χ4n) is 3.28. The predicted molar refractivity (Wildman–Crippen MR) is 119 cm³/mol. The van der Waals surface area contributed by atoms with Crippen molar-refractivity contribution in [3.8, 4) is 5.75 Å². The van der Waals surface area contributed by atoms with E-state index in [0.29, 0.717) is 31.2 Å². The minimum absolute atomic E-state index is 0.157. The van der Waals surface area contributed by atoms with Crippen LogP contribution in [0.3, 0.4) is 0 Å². The van der Waals surface area contributed by atoms with Gasteiger partial charge >= 0.3 is 6.61 Å². The van der Waals surface area contributed by atoms with Gasteiger partial charge in [-0.15, -0.1) is 0 Å². The van der Waals surface area contributed by atoms with Gasteiger partial charge in [0.15, 0.2) is 5.96 Å². The maximum Gasteiger partial charge on any atom is 0.387 e. The number of para-hydroxylation sites is 1. The van der Waals surface area contributed by atoms with Gasteiger partial charge in [0, 0.05) is 51.0 Å². The van der Waals surface area contributed by atoms with Crippen LogP contribution in [0.5, 0.6) is 5.75 Å². The van der Waals surface area contributed by atoms with Crippen molar-refractivity contribution in [1.29, 1.82) is 0 Å². The molecule has 0 atom stereocenters. The summed E-state index contributed by atoms with van der Waals surface area (Å²) in [6, 6.07) is 10.8. The molecule has 1 fully saturated rings. The number of hydrogen-bond donors (Lipinski definition) is 2. The highest BCUT2D eigenvalue weighted by molar-refractivity contribution is 5.79. The Morgan fingerprint density at radius 1 is 1.13 bits per heavy atom. The summed E-state index contributed by atoms with van der Waals surface area (Å²) < 4.78 is 29.8. The van der Waals surface area contributed by atoms with Crippen LogP contribution < -0.4 is 20.3 Å². The second-order valence-corrected chi connectivity index (χ2v) is 7.35. The largest absolute Gasteiger partial charge is 0.434 e. The lowest BCUT2D eigenvalue weighted by atomic mass is 10.2. The number of alkyl halides is 2. The fourth-order valence-corrected chi connectivity index (χ4v) is 3.28. The van der Waals surface area contributed by atoms with Crippen LogP contribution in [-0.2, 0) is 13.1 Å². The van der Waals surface area contributed by atoms with Gasteiger partial charge in [-0.3, -0.25) is 0 Å². The number of aromatic nitrogens is 1. The number of pyridine rings is 1. The molecule has 0 spiro atoms. The third-order valence-electron chi connectivity index (χ3n) is 5.04. The summed E-state index contributed by atoms with van der Waals surface area (Å²) in [5.74, 6) is 1.74. The first-order valence-corrected chi connectivity index (χ1v) is 10.5. The number of halogens is 2. The van der Waals surface area contributed by atoms with Crippen molar-refractivity contribution in [2.75, 3.05) is 44.7 Å². The molecule has 7 nitrogen and oxygen atoms in total. The summed E-state index contributed by atoms with van der Waals surface area (Å²) in [6.45, 7) is 4.60. The van der Waals surface area contributed by atoms with E-state index in [4.69, 9.17) is 0 Å². The van der Waals surface area contributed by atoms with Gasteiger partial charge in [-0.1, -0.05) is 24.3 Å². The molecule has 31 heavy (non-hydrogen) atoms. The third kappa shape index (κ3) is 7.06. The highest BCUT2D eigenvalue weighted by atomic mass is 19.3. The molecule has 0 bridgehead atoms. The first-order chi connectivity index (χ1) is 15.0. The summed E-state index contributed by atoms with van der Waals surface area (Å²) >= 11 is 0. The molecule has 1 saturated heterocycles. The van der Waals surface area contributed by atoms with Crippen molar-refractivity contribution in [2.24, 2.45) is 4.99 Å². The topological polar surface area (TPSA) is 65.0 Å². The second kappa shape index (κ2) is 11.5. The maximum atomic E-state index is 12.6. The summed E-state index contributed by atoms with van der Waals surface area (Å²) in [5, 5.41) is 6.34. The molecule has 2 heterocycles. The first-order valence-electron chi connectivity index (χ1n) is 10.5. The second-order valence-electron chi connectivity index (χ2n) is 7.35. The molecule has 0 radical (unpaired) electrons. The van der Waals surface area contributed by atoms with E-state index >= 15 is 0 Å². The zero-order valence-electron chi connectivity index (χ0n) is 18.0. The van der Waals surface area contributed by atoms with Crippen molar-refractivity contribution < 1.29 is 13.5 Å². The Balaban J connectivity index is 1.58. The highest BCUT2D eigenvalue weighted by Crippen LogP contribution is 2.20. The Labute approximate surface area is 182 Å². The molecular weight excluding hydrogens is 402 g/mol. The average molecular weight is 433 g/mol. The van der Waals surface area contributed by atoms with Crippen LogP contribution in [0.1, 0.15) is 18.1 Å². The highest BCUT2D eigenvalue weighted by Gasteiger charge is 2.15. The normalized spacial score (nSPS) is 15.3. The number of ether oxygens (including phenoxy) is 1. The van der Waals surface area contributed by atoms with Crippen molar-refractivity contribution >= 4 is 11.8 Å². The van der Waals surface area contributed by atoms with E-state index in [2.05, 4.69) is 42.2 Å². The van der Waals surface area contributed by atoms with Crippen molar-refractivity contribution in [3.05, 3.63) is 53.7 Å². The van der Waals surface area contributed by atoms with E-state index in [9.17, 15) is 8.78 Å². The first kappa shape index (κ1) is 22.7. The van der Waals surface area contributed by atoms with Crippen LogP contribution >= 0.6 is 0 Å². The molecule has 9 heteroatoms. The van der Waals surface area contributed by atoms with E-state index in [-0.39, 0.29) is 5.75 Å². The van der Waals surface area contributed by atoms with Crippen molar-refractivity contribution in [3.63, 3.8) is 0 Å². The van der Waals surface area contributed by atoms with Crippen LogP contribution in [0.4, 0.5) is 14.6 Å². The van der Waals surface area contributed by atoms with E-state index in [1.54, 1.807) is 18.2 Å². The Hall–Kier alpha value is -2.94.